The topological polar surface area (TPSA) is 38.2 Å². The SMILES string of the molecule is COC1(C)CCCN(c2cc(Br)nc(C)n2)C1. The fraction of sp³-hybridized carbons (Fsp3) is 0.667. The highest BCUT2D eigenvalue weighted by molar-refractivity contribution is 9.10. The minimum atomic E-state index is -0.0659. The van der Waals surface area contributed by atoms with Gasteiger partial charge in [-0.05, 0) is 42.6 Å². The van der Waals surface area contributed by atoms with Crippen molar-refractivity contribution < 1.29 is 4.74 Å². The molecule has 17 heavy (non-hydrogen) atoms. The zero-order valence-electron chi connectivity index (χ0n) is 10.5. The maximum Gasteiger partial charge on any atom is 0.133 e. The number of hydrogen-bond acceptors (Lipinski definition) is 4. The van der Waals surface area contributed by atoms with Crippen LogP contribution in [0.3, 0.4) is 0 Å². The summed E-state index contributed by atoms with van der Waals surface area (Å²) in [6.45, 7) is 5.98. The second kappa shape index (κ2) is 4.90. The van der Waals surface area contributed by atoms with Gasteiger partial charge < -0.3 is 9.64 Å². The van der Waals surface area contributed by atoms with Gasteiger partial charge in [-0.3, -0.25) is 0 Å². The number of methoxy groups -OCH3 is 1. The fourth-order valence-electron chi connectivity index (χ4n) is 2.25. The molecule has 1 aliphatic heterocycles. The van der Waals surface area contributed by atoms with Crippen molar-refractivity contribution in [3.63, 3.8) is 0 Å². The Balaban J connectivity index is 2.21. The zero-order valence-corrected chi connectivity index (χ0v) is 12.1. The molecule has 1 aromatic rings. The van der Waals surface area contributed by atoms with E-state index in [1.165, 1.54) is 0 Å². The van der Waals surface area contributed by atoms with Crippen LogP contribution in [0.4, 0.5) is 5.82 Å². The van der Waals surface area contributed by atoms with Crippen LogP contribution >= 0.6 is 15.9 Å². The van der Waals surface area contributed by atoms with Gasteiger partial charge in [-0.25, -0.2) is 9.97 Å². The van der Waals surface area contributed by atoms with Crippen LogP contribution in [0.5, 0.6) is 0 Å². The number of halogens is 1. The number of aryl methyl sites for hydroxylation is 1. The van der Waals surface area contributed by atoms with E-state index in [0.29, 0.717) is 0 Å². The van der Waals surface area contributed by atoms with Crippen LogP contribution in [-0.4, -0.2) is 35.8 Å². The van der Waals surface area contributed by atoms with Crippen LogP contribution in [0.25, 0.3) is 0 Å². The summed E-state index contributed by atoms with van der Waals surface area (Å²) in [7, 11) is 1.78. The summed E-state index contributed by atoms with van der Waals surface area (Å²) in [6, 6.07) is 1.97. The summed E-state index contributed by atoms with van der Waals surface area (Å²) in [6.07, 6.45) is 2.23. The number of nitrogens with zero attached hydrogens (tertiary/aromatic N) is 3. The molecule has 0 amide bonds. The number of anilines is 1. The van der Waals surface area contributed by atoms with E-state index in [0.717, 1.165) is 42.2 Å². The lowest BCUT2D eigenvalue weighted by Crippen LogP contribution is -2.47. The van der Waals surface area contributed by atoms with Gasteiger partial charge in [0.05, 0.1) is 5.60 Å². The van der Waals surface area contributed by atoms with Crippen molar-refractivity contribution >= 4 is 21.7 Å². The molecule has 1 fully saturated rings. The Morgan fingerprint density at radius 2 is 2.24 bits per heavy atom. The molecule has 0 N–H and O–H groups in total. The highest BCUT2D eigenvalue weighted by Crippen LogP contribution is 2.27. The van der Waals surface area contributed by atoms with Crippen molar-refractivity contribution in [3.8, 4) is 0 Å². The lowest BCUT2D eigenvalue weighted by molar-refractivity contribution is -0.00482. The first-order valence-electron chi connectivity index (χ1n) is 5.84. The standard InChI is InChI=1S/C12H18BrN3O/c1-9-14-10(13)7-11(15-9)16-6-4-5-12(2,8-16)17-3/h7H,4-6,8H2,1-3H3. The number of rotatable bonds is 2. The molecule has 0 saturated carbocycles. The normalized spacial score (nSPS) is 25.1. The van der Waals surface area contributed by atoms with Gasteiger partial charge >= 0.3 is 0 Å². The molecular weight excluding hydrogens is 282 g/mol. The van der Waals surface area contributed by atoms with Crippen molar-refractivity contribution in [3.05, 3.63) is 16.5 Å². The first kappa shape index (κ1) is 12.8. The van der Waals surface area contributed by atoms with Crippen LogP contribution in [0.1, 0.15) is 25.6 Å². The molecule has 0 radical (unpaired) electrons. The van der Waals surface area contributed by atoms with E-state index in [4.69, 9.17) is 4.74 Å². The van der Waals surface area contributed by atoms with Crippen molar-refractivity contribution in [2.75, 3.05) is 25.1 Å². The van der Waals surface area contributed by atoms with E-state index in [9.17, 15) is 0 Å². The fourth-order valence-corrected chi connectivity index (χ4v) is 2.71. The molecule has 0 aromatic carbocycles. The summed E-state index contributed by atoms with van der Waals surface area (Å²) in [5.41, 5.74) is -0.0659. The maximum absolute atomic E-state index is 5.59. The van der Waals surface area contributed by atoms with Gasteiger partial charge in [-0.15, -0.1) is 0 Å². The monoisotopic (exact) mass is 299 g/mol. The third kappa shape index (κ3) is 2.96. The van der Waals surface area contributed by atoms with Gasteiger partial charge in [0.25, 0.3) is 0 Å². The molecule has 4 nitrogen and oxygen atoms in total. The number of aromatic nitrogens is 2. The highest BCUT2D eigenvalue weighted by atomic mass is 79.9. The van der Waals surface area contributed by atoms with E-state index >= 15 is 0 Å². The van der Waals surface area contributed by atoms with Crippen molar-refractivity contribution in [2.24, 2.45) is 0 Å². The van der Waals surface area contributed by atoms with E-state index in [2.05, 4.69) is 37.7 Å². The molecule has 0 aliphatic carbocycles. The minimum Gasteiger partial charge on any atom is -0.377 e. The molecule has 1 saturated heterocycles. The zero-order chi connectivity index (χ0) is 12.5. The predicted molar refractivity (Wildman–Crippen MR) is 71.3 cm³/mol. The molecule has 2 rings (SSSR count). The number of hydrogen-bond donors (Lipinski definition) is 0. The smallest absolute Gasteiger partial charge is 0.133 e. The molecule has 94 valence electrons. The molecule has 1 atom stereocenters. The largest absolute Gasteiger partial charge is 0.377 e. The quantitative estimate of drug-likeness (QED) is 0.787. The first-order valence-corrected chi connectivity index (χ1v) is 6.63. The van der Waals surface area contributed by atoms with Crippen LogP contribution in [0.15, 0.2) is 10.7 Å². The van der Waals surface area contributed by atoms with Crippen molar-refractivity contribution in [2.45, 2.75) is 32.3 Å². The molecule has 0 spiro atoms. The van der Waals surface area contributed by atoms with E-state index < -0.39 is 0 Å². The third-order valence-electron chi connectivity index (χ3n) is 3.27. The maximum atomic E-state index is 5.59. The molecule has 2 heterocycles. The van der Waals surface area contributed by atoms with Gasteiger partial charge in [0.2, 0.25) is 0 Å². The molecule has 0 bridgehead atoms. The average Bonchev–Trinajstić information content (AvgIpc) is 2.28. The lowest BCUT2D eigenvalue weighted by Gasteiger charge is -2.40. The van der Waals surface area contributed by atoms with Gasteiger partial charge in [0.1, 0.15) is 16.2 Å². The van der Waals surface area contributed by atoms with Crippen LogP contribution < -0.4 is 4.90 Å². The summed E-state index contributed by atoms with van der Waals surface area (Å²) in [4.78, 5) is 11.0. The summed E-state index contributed by atoms with van der Waals surface area (Å²) in [5, 5.41) is 0. The number of ether oxygens (including phenoxy) is 1. The van der Waals surface area contributed by atoms with E-state index in [1.54, 1.807) is 7.11 Å². The summed E-state index contributed by atoms with van der Waals surface area (Å²) in [5.74, 6) is 1.77. The predicted octanol–water partition coefficient (Wildman–Crippen LogP) is 2.55. The number of piperidine rings is 1. The Kier molecular flexibility index (Phi) is 3.68. The third-order valence-corrected chi connectivity index (χ3v) is 3.68. The van der Waals surface area contributed by atoms with Crippen molar-refractivity contribution in [1.82, 2.24) is 9.97 Å². The Morgan fingerprint density at radius 3 is 2.88 bits per heavy atom. The Morgan fingerprint density at radius 1 is 1.47 bits per heavy atom. The molecular formula is C12H18BrN3O. The average molecular weight is 300 g/mol. The lowest BCUT2D eigenvalue weighted by atomic mass is 9.95. The highest BCUT2D eigenvalue weighted by Gasteiger charge is 2.31. The first-order chi connectivity index (χ1) is 8.02. The minimum absolute atomic E-state index is 0.0659. The van der Waals surface area contributed by atoms with Gasteiger partial charge in [-0.2, -0.15) is 0 Å². The van der Waals surface area contributed by atoms with Crippen LogP contribution in [-0.2, 0) is 4.74 Å². The Hall–Kier alpha value is -0.680. The Bertz CT molecular complexity index is 392. The van der Waals surface area contributed by atoms with Crippen LogP contribution in [0.2, 0.25) is 0 Å². The second-order valence-electron chi connectivity index (χ2n) is 4.78. The van der Waals surface area contributed by atoms with Crippen molar-refractivity contribution in [1.29, 1.82) is 0 Å². The van der Waals surface area contributed by atoms with E-state index in [-0.39, 0.29) is 5.60 Å². The Labute approximate surface area is 111 Å². The summed E-state index contributed by atoms with van der Waals surface area (Å²) < 4.78 is 6.43. The van der Waals surface area contributed by atoms with Gasteiger partial charge in [0, 0.05) is 26.3 Å². The second-order valence-corrected chi connectivity index (χ2v) is 5.59. The molecule has 1 unspecified atom stereocenters. The molecule has 5 heteroatoms. The summed E-state index contributed by atoms with van der Waals surface area (Å²) >= 11 is 3.42. The van der Waals surface area contributed by atoms with Gasteiger partial charge in [-0.1, -0.05) is 0 Å². The van der Waals surface area contributed by atoms with Gasteiger partial charge in [0.15, 0.2) is 0 Å². The molecule has 1 aliphatic rings. The van der Waals surface area contributed by atoms with Crippen LogP contribution in [0, 0.1) is 6.92 Å². The van der Waals surface area contributed by atoms with E-state index in [1.807, 2.05) is 13.0 Å². The molecule has 1 aromatic heterocycles.